The molecule has 0 aliphatic rings. The molecule has 1 amide bonds. The van der Waals surface area contributed by atoms with E-state index in [0.717, 1.165) is 12.2 Å². The van der Waals surface area contributed by atoms with Gasteiger partial charge in [0.25, 0.3) is 0 Å². The van der Waals surface area contributed by atoms with Crippen LogP contribution in [0.5, 0.6) is 0 Å². The van der Waals surface area contributed by atoms with Crippen molar-refractivity contribution in [1.82, 2.24) is 5.32 Å². The van der Waals surface area contributed by atoms with Crippen LogP contribution in [0.2, 0.25) is 0 Å². The number of hydrogen-bond acceptors (Lipinski definition) is 3. The molecule has 1 atom stereocenters. The minimum atomic E-state index is 0.0432. The van der Waals surface area contributed by atoms with Crippen LogP contribution in [0, 0.1) is 0 Å². The van der Waals surface area contributed by atoms with Gasteiger partial charge < -0.3 is 10.6 Å². The second-order valence-electron chi connectivity index (χ2n) is 4.71. The van der Waals surface area contributed by atoms with E-state index >= 15 is 0 Å². The maximum Gasteiger partial charge on any atom is 0.224 e. The van der Waals surface area contributed by atoms with Gasteiger partial charge in [0, 0.05) is 29.6 Å². The number of thiophene rings is 1. The molecule has 2 rings (SSSR count). The highest BCUT2D eigenvalue weighted by Gasteiger charge is 2.06. The number of anilines is 1. The third kappa shape index (κ3) is 4.18. The fourth-order valence-corrected chi connectivity index (χ4v) is 2.54. The maximum absolute atomic E-state index is 11.3. The van der Waals surface area contributed by atoms with E-state index in [1.165, 1.54) is 10.4 Å². The molecule has 0 bridgehead atoms. The summed E-state index contributed by atoms with van der Waals surface area (Å²) in [5, 5.41) is 8.44. The minimum Gasteiger partial charge on any atom is -0.326 e. The Balaban J connectivity index is 1.90. The SMILES string of the molecule is CCC(=O)Nc1ccc(C(C)NCc2cccs2)cc1. The highest BCUT2D eigenvalue weighted by atomic mass is 32.1. The van der Waals surface area contributed by atoms with Gasteiger partial charge in [-0.1, -0.05) is 25.1 Å². The fourth-order valence-electron chi connectivity index (χ4n) is 1.89. The molecule has 0 saturated carbocycles. The standard InChI is InChI=1S/C16H20N2OS/c1-3-16(19)18-14-8-6-13(7-9-14)12(2)17-11-15-5-4-10-20-15/h4-10,12,17H,3,11H2,1-2H3,(H,18,19). The third-order valence-electron chi connectivity index (χ3n) is 3.18. The number of amides is 1. The Kier molecular flexibility index (Phi) is 5.32. The predicted octanol–water partition coefficient (Wildman–Crippen LogP) is 3.95. The predicted molar refractivity (Wildman–Crippen MR) is 84.9 cm³/mol. The van der Waals surface area contributed by atoms with E-state index in [1.54, 1.807) is 11.3 Å². The second-order valence-corrected chi connectivity index (χ2v) is 5.74. The van der Waals surface area contributed by atoms with E-state index in [1.807, 2.05) is 19.1 Å². The Bertz CT molecular complexity index is 534. The molecule has 4 heteroatoms. The molecule has 0 saturated heterocycles. The summed E-state index contributed by atoms with van der Waals surface area (Å²) in [6.45, 7) is 4.88. The first-order chi connectivity index (χ1) is 9.69. The Hall–Kier alpha value is -1.65. The van der Waals surface area contributed by atoms with Crippen LogP contribution in [0.25, 0.3) is 0 Å². The van der Waals surface area contributed by atoms with Gasteiger partial charge in [-0.15, -0.1) is 11.3 Å². The number of carbonyl (C=O) groups is 1. The Labute approximate surface area is 124 Å². The largest absolute Gasteiger partial charge is 0.326 e. The summed E-state index contributed by atoms with van der Waals surface area (Å²) >= 11 is 1.76. The van der Waals surface area contributed by atoms with Crippen LogP contribution in [0.3, 0.4) is 0 Å². The summed E-state index contributed by atoms with van der Waals surface area (Å²) in [5.74, 6) is 0.0432. The molecule has 0 spiro atoms. The monoisotopic (exact) mass is 288 g/mol. The minimum absolute atomic E-state index is 0.0432. The summed E-state index contributed by atoms with van der Waals surface area (Å²) in [7, 11) is 0. The lowest BCUT2D eigenvalue weighted by Gasteiger charge is -2.14. The number of hydrogen-bond donors (Lipinski definition) is 2. The fraction of sp³-hybridized carbons (Fsp3) is 0.312. The lowest BCUT2D eigenvalue weighted by atomic mass is 10.1. The van der Waals surface area contributed by atoms with Gasteiger partial charge in [0.1, 0.15) is 0 Å². The van der Waals surface area contributed by atoms with Gasteiger partial charge in [0.2, 0.25) is 5.91 Å². The average molecular weight is 288 g/mol. The van der Waals surface area contributed by atoms with Crippen LogP contribution in [0.15, 0.2) is 41.8 Å². The highest BCUT2D eigenvalue weighted by Crippen LogP contribution is 2.17. The lowest BCUT2D eigenvalue weighted by Crippen LogP contribution is -2.17. The summed E-state index contributed by atoms with van der Waals surface area (Å²) in [5.41, 5.74) is 2.07. The summed E-state index contributed by atoms with van der Waals surface area (Å²) in [6.07, 6.45) is 0.501. The van der Waals surface area contributed by atoms with Crippen molar-refractivity contribution in [1.29, 1.82) is 0 Å². The molecule has 0 aliphatic heterocycles. The molecule has 0 aliphatic carbocycles. The average Bonchev–Trinajstić information content (AvgIpc) is 2.98. The molecule has 1 unspecified atom stereocenters. The van der Waals surface area contributed by atoms with Gasteiger partial charge in [0.15, 0.2) is 0 Å². The van der Waals surface area contributed by atoms with Gasteiger partial charge in [-0.25, -0.2) is 0 Å². The van der Waals surface area contributed by atoms with Crippen molar-refractivity contribution < 1.29 is 4.79 Å². The zero-order chi connectivity index (χ0) is 14.4. The first kappa shape index (κ1) is 14.8. The van der Waals surface area contributed by atoms with Crippen molar-refractivity contribution in [2.75, 3.05) is 5.32 Å². The maximum atomic E-state index is 11.3. The molecule has 0 fully saturated rings. The quantitative estimate of drug-likeness (QED) is 0.845. The normalized spacial score (nSPS) is 12.1. The molecule has 20 heavy (non-hydrogen) atoms. The number of benzene rings is 1. The molecular weight excluding hydrogens is 268 g/mol. The number of rotatable bonds is 6. The zero-order valence-electron chi connectivity index (χ0n) is 11.8. The van der Waals surface area contributed by atoms with Crippen LogP contribution in [0.4, 0.5) is 5.69 Å². The molecule has 1 aromatic heterocycles. The van der Waals surface area contributed by atoms with Gasteiger partial charge >= 0.3 is 0 Å². The van der Waals surface area contributed by atoms with Crippen molar-refractivity contribution in [2.24, 2.45) is 0 Å². The van der Waals surface area contributed by atoms with Gasteiger partial charge in [-0.3, -0.25) is 4.79 Å². The summed E-state index contributed by atoms with van der Waals surface area (Å²) in [4.78, 5) is 12.6. The Morgan fingerprint density at radius 1 is 1.25 bits per heavy atom. The van der Waals surface area contributed by atoms with Gasteiger partial charge in [0.05, 0.1) is 0 Å². The first-order valence-electron chi connectivity index (χ1n) is 6.84. The summed E-state index contributed by atoms with van der Waals surface area (Å²) in [6, 6.07) is 12.5. The van der Waals surface area contributed by atoms with Gasteiger partial charge in [-0.2, -0.15) is 0 Å². The lowest BCUT2D eigenvalue weighted by molar-refractivity contribution is -0.115. The molecule has 0 radical (unpaired) electrons. The Morgan fingerprint density at radius 3 is 2.60 bits per heavy atom. The summed E-state index contributed by atoms with van der Waals surface area (Å²) < 4.78 is 0. The molecule has 1 heterocycles. The molecule has 1 aromatic carbocycles. The highest BCUT2D eigenvalue weighted by molar-refractivity contribution is 7.09. The smallest absolute Gasteiger partial charge is 0.224 e. The third-order valence-corrected chi connectivity index (χ3v) is 4.05. The van der Waals surface area contributed by atoms with Gasteiger partial charge in [-0.05, 0) is 36.1 Å². The van der Waals surface area contributed by atoms with Crippen molar-refractivity contribution in [2.45, 2.75) is 32.9 Å². The zero-order valence-corrected chi connectivity index (χ0v) is 12.7. The van der Waals surface area contributed by atoms with E-state index in [9.17, 15) is 4.79 Å². The Morgan fingerprint density at radius 2 is 2.00 bits per heavy atom. The second kappa shape index (κ2) is 7.22. The topological polar surface area (TPSA) is 41.1 Å². The van der Waals surface area contributed by atoms with E-state index in [-0.39, 0.29) is 11.9 Å². The van der Waals surface area contributed by atoms with Crippen molar-refractivity contribution >= 4 is 22.9 Å². The van der Waals surface area contributed by atoms with Crippen LogP contribution in [0.1, 0.15) is 36.8 Å². The van der Waals surface area contributed by atoms with Crippen LogP contribution in [-0.2, 0) is 11.3 Å². The van der Waals surface area contributed by atoms with Crippen molar-refractivity contribution in [3.05, 3.63) is 52.2 Å². The van der Waals surface area contributed by atoms with Crippen LogP contribution < -0.4 is 10.6 Å². The molecule has 2 N–H and O–H groups in total. The molecule has 2 aromatic rings. The van der Waals surface area contributed by atoms with E-state index < -0.39 is 0 Å². The number of carbonyl (C=O) groups excluding carboxylic acids is 1. The van der Waals surface area contributed by atoms with Crippen molar-refractivity contribution in [3.8, 4) is 0 Å². The van der Waals surface area contributed by atoms with E-state index in [4.69, 9.17) is 0 Å². The van der Waals surface area contributed by atoms with E-state index in [0.29, 0.717) is 6.42 Å². The first-order valence-corrected chi connectivity index (χ1v) is 7.72. The van der Waals surface area contributed by atoms with E-state index in [2.05, 4.69) is 47.2 Å². The molecular formula is C16H20N2OS. The van der Waals surface area contributed by atoms with Crippen LogP contribution >= 0.6 is 11.3 Å². The van der Waals surface area contributed by atoms with Crippen molar-refractivity contribution in [3.63, 3.8) is 0 Å². The molecule has 3 nitrogen and oxygen atoms in total. The van der Waals surface area contributed by atoms with Crippen LogP contribution in [-0.4, -0.2) is 5.91 Å². The number of nitrogens with one attached hydrogen (secondary N) is 2. The molecule has 106 valence electrons.